The van der Waals surface area contributed by atoms with E-state index in [1.165, 1.54) is 31.4 Å². The molecule has 0 aliphatic heterocycles. The van der Waals surface area contributed by atoms with Gasteiger partial charge >= 0.3 is 0 Å². The Balaban J connectivity index is 2.39. The maximum atomic E-state index is 12.7. The summed E-state index contributed by atoms with van der Waals surface area (Å²) in [4.78, 5) is 0. The molecular formula is C14H19FN2. The van der Waals surface area contributed by atoms with Crippen LogP contribution in [0, 0.1) is 17.1 Å². The molecule has 0 saturated heterocycles. The number of nitriles is 1. The molecular weight excluding hydrogens is 215 g/mol. The topological polar surface area (TPSA) is 35.8 Å². The van der Waals surface area contributed by atoms with Gasteiger partial charge in [-0.05, 0) is 30.7 Å². The summed E-state index contributed by atoms with van der Waals surface area (Å²) in [5.74, 6) is -0.270. The molecule has 1 rings (SSSR count). The predicted octanol–water partition coefficient (Wildman–Crippen LogP) is 3.56. The molecule has 0 aromatic heterocycles. The molecule has 1 aromatic carbocycles. The van der Waals surface area contributed by atoms with Gasteiger partial charge in [0.05, 0.1) is 6.07 Å². The van der Waals surface area contributed by atoms with Crippen molar-refractivity contribution in [2.24, 2.45) is 0 Å². The van der Waals surface area contributed by atoms with E-state index in [0.29, 0.717) is 0 Å². The smallest absolute Gasteiger partial charge is 0.123 e. The summed E-state index contributed by atoms with van der Waals surface area (Å²) in [7, 11) is 0. The van der Waals surface area contributed by atoms with Gasteiger partial charge in [-0.15, -0.1) is 0 Å². The highest BCUT2D eigenvalue weighted by atomic mass is 19.1. The van der Waals surface area contributed by atoms with Crippen molar-refractivity contribution >= 4 is 0 Å². The van der Waals surface area contributed by atoms with Crippen LogP contribution in [-0.2, 0) is 0 Å². The van der Waals surface area contributed by atoms with Crippen molar-refractivity contribution in [2.45, 2.75) is 38.6 Å². The molecule has 0 heterocycles. The molecule has 1 N–H and O–H groups in total. The highest BCUT2D eigenvalue weighted by Crippen LogP contribution is 2.12. The Morgan fingerprint density at radius 1 is 1.24 bits per heavy atom. The molecule has 3 heteroatoms. The SMILES string of the molecule is CCCCCCNC(C#N)c1ccc(F)cc1. The molecule has 1 atom stereocenters. The largest absolute Gasteiger partial charge is 0.298 e. The molecule has 0 bridgehead atoms. The zero-order chi connectivity index (χ0) is 12.5. The summed E-state index contributed by atoms with van der Waals surface area (Å²) in [6.45, 7) is 3.00. The first kappa shape index (κ1) is 13.7. The van der Waals surface area contributed by atoms with Crippen molar-refractivity contribution in [3.8, 4) is 6.07 Å². The van der Waals surface area contributed by atoms with E-state index in [0.717, 1.165) is 18.5 Å². The van der Waals surface area contributed by atoms with Crippen LogP contribution in [0.4, 0.5) is 4.39 Å². The second kappa shape index (κ2) is 7.81. The second-order valence-electron chi connectivity index (χ2n) is 4.13. The first-order chi connectivity index (χ1) is 8.27. The third-order valence-corrected chi connectivity index (χ3v) is 2.71. The van der Waals surface area contributed by atoms with Crippen LogP contribution in [0.25, 0.3) is 0 Å². The summed E-state index contributed by atoms with van der Waals surface area (Å²) in [6.07, 6.45) is 4.70. The van der Waals surface area contributed by atoms with E-state index in [2.05, 4.69) is 18.3 Å². The molecule has 0 fully saturated rings. The van der Waals surface area contributed by atoms with E-state index in [4.69, 9.17) is 5.26 Å². The van der Waals surface area contributed by atoms with E-state index >= 15 is 0 Å². The van der Waals surface area contributed by atoms with E-state index in [9.17, 15) is 4.39 Å². The van der Waals surface area contributed by atoms with Gasteiger partial charge < -0.3 is 0 Å². The Labute approximate surface area is 102 Å². The summed E-state index contributed by atoms with van der Waals surface area (Å²) in [5.41, 5.74) is 0.824. The lowest BCUT2D eigenvalue weighted by molar-refractivity contribution is 0.568. The van der Waals surface area contributed by atoms with Crippen LogP contribution >= 0.6 is 0 Å². The lowest BCUT2D eigenvalue weighted by Crippen LogP contribution is -2.21. The second-order valence-corrected chi connectivity index (χ2v) is 4.13. The van der Waals surface area contributed by atoms with Gasteiger partial charge in [-0.2, -0.15) is 5.26 Å². The normalized spacial score (nSPS) is 12.1. The highest BCUT2D eigenvalue weighted by Gasteiger charge is 2.08. The average molecular weight is 234 g/mol. The maximum Gasteiger partial charge on any atom is 0.123 e. The van der Waals surface area contributed by atoms with Crippen LogP contribution in [0.2, 0.25) is 0 Å². The van der Waals surface area contributed by atoms with Crippen LogP contribution < -0.4 is 5.32 Å². The molecule has 0 saturated carbocycles. The Kier molecular flexibility index (Phi) is 6.27. The van der Waals surface area contributed by atoms with Crippen LogP contribution in [0.15, 0.2) is 24.3 Å². The van der Waals surface area contributed by atoms with Crippen molar-refractivity contribution in [3.05, 3.63) is 35.6 Å². The zero-order valence-electron chi connectivity index (χ0n) is 10.2. The zero-order valence-corrected chi connectivity index (χ0v) is 10.2. The molecule has 1 aromatic rings. The first-order valence-electron chi connectivity index (χ1n) is 6.16. The fourth-order valence-corrected chi connectivity index (χ4v) is 1.69. The lowest BCUT2D eigenvalue weighted by Gasteiger charge is -2.11. The van der Waals surface area contributed by atoms with E-state index in [1.807, 2.05) is 0 Å². The van der Waals surface area contributed by atoms with Crippen LogP contribution in [0.5, 0.6) is 0 Å². The number of hydrogen-bond acceptors (Lipinski definition) is 2. The average Bonchev–Trinajstić information content (AvgIpc) is 2.35. The number of rotatable bonds is 7. The minimum atomic E-state index is -0.336. The van der Waals surface area contributed by atoms with Crippen LogP contribution in [0.1, 0.15) is 44.2 Å². The molecule has 0 amide bonds. The third kappa shape index (κ3) is 4.97. The van der Waals surface area contributed by atoms with Crippen molar-refractivity contribution in [1.29, 1.82) is 5.26 Å². The minimum Gasteiger partial charge on any atom is -0.298 e. The molecule has 0 aliphatic rings. The van der Waals surface area contributed by atoms with Gasteiger partial charge in [0.1, 0.15) is 11.9 Å². The van der Waals surface area contributed by atoms with Crippen LogP contribution in [-0.4, -0.2) is 6.54 Å². The molecule has 0 aliphatic carbocycles. The monoisotopic (exact) mass is 234 g/mol. The Hall–Kier alpha value is -1.40. The molecule has 1 unspecified atom stereocenters. The standard InChI is InChI=1S/C14H19FN2/c1-2-3-4-5-10-17-14(11-16)12-6-8-13(15)9-7-12/h6-9,14,17H,2-5,10H2,1H3. The fraction of sp³-hybridized carbons (Fsp3) is 0.500. The van der Waals surface area contributed by atoms with E-state index < -0.39 is 0 Å². The summed E-state index contributed by atoms with van der Waals surface area (Å²) < 4.78 is 12.7. The van der Waals surface area contributed by atoms with Crippen molar-refractivity contribution in [2.75, 3.05) is 6.54 Å². The minimum absolute atomic E-state index is 0.270. The van der Waals surface area contributed by atoms with Crippen molar-refractivity contribution in [3.63, 3.8) is 0 Å². The Bertz CT molecular complexity index is 353. The molecule has 92 valence electrons. The predicted molar refractivity (Wildman–Crippen MR) is 66.9 cm³/mol. The fourth-order valence-electron chi connectivity index (χ4n) is 1.69. The van der Waals surface area contributed by atoms with E-state index in [-0.39, 0.29) is 11.9 Å². The van der Waals surface area contributed by atoms with Gasteiger partial charge in [-0.1, -0.05) is 38.3 Å². The molecule has 0 radical (unpaired) electrons. The molecule has 2 nitrogen and oxygen atoms in total. The summed E-state index contributed by atoms with van der Waals surface area (Å²) in [6, 6.07) is 7.94. The summed E-state index contributed by atoms with van der Waals surface area (Å²) in [5, 5.41) is 12.2. The Morgan fingerprint density at radius 2 is 1.94 bits per heavy atom. The highest BCUT2D eigenvalue weighted by molar-refractivity contribution is 5.24. The van der Waals surface area contributed by atoms with E-state index in [1.54, 1.807) is 12.1 Å². The van der Waals surface area contributed by atoms with Gasteiger partial charge in [0, 0.05) is 0 Å². The first-order valence-corrected chi connectivity index (χ1v) is 6.16. The summed E-state index contributed by atoms with van der Waals surface area (Å²) >= 11 is 0. The van der Waals surface area contributed by atoms with Crippen LogP contribution in [0.3, 0.4) is 0 Å². The van der Waals surface area contributed by atoms with Gasteiger partial charge in [-0.25, -0.2) is 4.39 Å². The van der Waals surface area contributed by atoms with Gasteiger partial charge in [-0.3, -0.25) is 5.32 Å². The number of nitrogens with one attached hydrogen (secondary N) is 1. The van der Waals surface area contributed by atoms with Crippen molar-refractivity contribution in [1.82, 2.24) is 5.32 Å². The quantitative estimate of drug-likeness (QED) is 0.732. The number of hydrogen-bond donors (Lipinski definition) is 1. The molecule has 17 heavy (non-hydrogen) atoms. The molecule has 0 spiro atoms. The number of unbranched alkanes of at least 4 members (excludes halogenated alkanes) is 3. The van der Waals surface area contributed by atoms with Gasteiger partial charge in [0.2, 0.25) is 0 Å². The number of benzene rings is 1. The maximum absolute atomic E-state index is 12.7. The van der Waals surface area contributed by atoms with Gasteiger partial charge in [0.15, 0.2) is 0 Å². The lowest BCUT2D eigenvalue weighted by atomic mass is 10.1. The van der Waals surface area contributed by atoms with Gasteiger partial charge in [0.25, 0.3) is 0 Å². The number of nitrogens with zero attached hydrogens (tertiary/aromatic N) is 1. The third-order valence-electron chi connectivity index (χ3n) is 2.71. The Morgan fingerprint density at radius 3 is 2.53 bits per heavy atom. The number of halogens is 1. The van der Waals surface area contributed by atoms with Crippen molar-refractivity contribution < 1.29 is 4.39 Å².